The summed E-state index contributed by atoms with van der Waals surface area (Å²) in [6.07, 6.45) is 19.7. The molecule has 0 aromatic heterocycles. The lowest BCUT2D eigenvalue weighted by Gasteiger charge is -2.27. The van der Waals surface area contributed by atoms with Gasteiger partial charge in [-0.2, -0.15) is 4.58 Å². The van der Waals surface area contributed by atoms with Gasteiger partial charge < -0.3 is 4.90 Å². The zero-order chi connectivity index (χ0) is 18.3. The van der Waals surface area contributed by atoms with E-state index in [-0.39, 0.29) is 0 Å². The number of nitrogens with zero attached hydrogens (tertiary/aromatic N) is 2. The quantitative estimate of drug-likeness (QED) is 0.524. The number of benzene rings is 2. The van der Waals surface area contributed by atoms with Gasteiger partial charge in [0, 0.05) is 42.6 Å². The highest BCUT2D eigenvalue weighted by Gasteiger charge is 2.18. The molecule has 27 heavy (non-hydrogen) atoms. The average Bonchev–Trinajstić information content (AvgIpc) is 2.73. The smallest absolute Gasteiger partial charge is 0.208 e. The van der Waals surface area contributed by atoms with Gasteiger partial charge in [-0.15, -0.1) is 0 Å². The predicted molar refractivity (Wildman–Crippen MR) is 115 cm³/mol. The van der Waals surface area contributed by atoms with Gasteiger partial charge in [0.15, 0.2) is 6.21 Å². The van der Waals surface area contributed by atoms with Crippen LogP contribution in [0.2, 0.25) is 0 Å². The van der Waals surface area contributed by atoms with Gasteiger partial charge in [-0.05, 0) is 37.0 Å². The van der Waals surface area contributed by atoms with Crippen LogP contribution in [0, 0.1) is 0 Å². The van der Waals surface area contributed by atoms with Gasteiger partial charge in [-0.3, -0.25) is 0 Å². The van der Waals surface area contributed by atoms with E-state index in [2.05, 4.69) is 101 Å². The molecule has 4 rings (SSSR count). The van der Waals surface area contributed by atoms with Crippen LogP contribution in [0.5, 0.6) is 0 Å². The van der Waals surface area contributed by atoms with Gasteiger partial charge in [0.2, 0.25) is 5.69 Å². The molecule has 0 atom stereocenters. The molecule has 0 radical (unpaired) electrons. The van der Waals surface area contributed by atoms with Gasteiger partial charge >= 0.3 is 0 Å². The minimum absolute atomic E-state index is 1.10. The van der Waals surface area contributed by atoms with Crippen LogP contribution >= 0.6 is 0 Å². The molecule has 0 bridgehead atoms. The molecule has 2 aliphatic rings. The van der Waals surface area contributed by atoms with Gasteiger partial charge in [0.1, 0.15) is 6.54 Å². The molecule has 2 heterocycles. The van der Waals surface area contributed by atoms with Crippen molar-refractivity contribution in [2.75, 3.05) is 18.0 Å². The zero-order valence-electron chi connectivity index (χ0n) is 15.8. The number of aryl methyl sites for hydroxylation is 2. The molecule has 0 N–H and O–H groups in total. The Morgan fingerprint density at radius 3 is 2.44 bits per heavy atom. The van der Waals surface area contributed by atoms with Crippen molar-refractivity contribution in [2.45, 2.75) is 25.7 Å². The van der Waals surface area contributed by atoms with Crippen LogP contribution in [0.1, 0.15) is 24.0 Å². The minimum Gasteiger partial charge on any atom is -0.348 e. The van der Waals surface area contributed by atoms with Crippen molar-refractivity contribution in [3.05, 3.63) is 96.2 Å². The van der Waals surface area contributed by atoms with E-state index < -0.39 is 0 Å². The molecule has 0 aliphatic carbocycles. The first-order valence-corrected chi connectivity index (χ1v) is 9.96. The van der Waals surface area contributed by atoms with Crippen LogP contribution in [0.15, 0.2) is 85.1 Å². The van der Waals surface area contributed by atoms with E-state index in [0.717, 1.165) is 13.1 Å². The summed E-state index contributed by atoms with van der Waals surface area (Å²) in [5.41, 5.74) is 5.60. The highest BCUT2D eigenvalue weighted by Crippen LogP contribution is 2.27. The van der Waals surface area contributed by atoms with E-state index in [4.69, 9.17) is 0 Å². The SMILES string of the molecule is C(=CN1CCCc2ccccc21)/C=C/C=C/C=[N+]1CCCc2ccccc21. The normalized spacial score (nSPS) is 18.5. The Bertz CT molecular complexity index is 902. The number of allylic oxidation sites excluding steroid dienone is 5. The highest BCUT2D eigenvalue weighted by molar-refractivity contribution is 5.68. The summed E-state index contributed by atoms with van der Waals surface area (Å²) in [6, 6.07) is 17.4. The molecule has 0 fully saturated rings. The van der Waals surface area contributed by atoms with Crippen LogP contribution in [-0.2, 0) is 12.8 Å². The van der Waals surface area contributed by atoms with Crippen molar-refractivity contribution in [3.63, 3.8) is 0 Å². The maximum Gasteiger partial charge on any atom is 0.208 e. The molecule has 0 saturated heterocycles. The van der Waals surface area contributed by atoms with Crippen molar-refractivity contribution >= 4 is 17.6 Å². The van der Waals surface area contributed by atoms with Crippen LogP contribution in [0.3, 0.4) is 0 Å². The van der Waals surface area contributed by atoms with E-state index in [1.165, 1.54) is 48.2 Å². The highest BCUT2D eigenvalue weighted by atomic mass is 15.1. The average molecular weight is 356 g/mol. The maximum atomic E-state index is 2.35. The molecule has 2 aromatic rings. The number of anilines is 1. The fraction of sp³-hybridized carbons (Fsp3) is 0.240. The fourth-order valence-electron chi connectivity index (χ4n) is 3.93. The van der Waals surface area contributed by atoms with E-state index in [1.54, 1.807) is 0 Å². The Morgan fingerprint density at radius 1 is 0.741 bits per heavy atom. The summed E-state index contributed by atoms with van der Waals surface area (Å²) in [4.78, 5) is 2.35. The molecule has 2 heteroatoms. The summed E-state index contributed by atoms with van der Waals surface area (Å²) in [5.74, 6) is 0. The molecular formula is C25H27N2+. The largest absolute Gasteiger partial charge is 0.348 e. The number of para-hydroxylation sites is 2. The Hall–Kier alpha value is -2.87. The maximum absolute atomic E-state index is 2.35. The monoisotopic (exact) mass is 355 g/mol. The lowest BCUT2D eigenvalue weighted by molar-refractivity contribution is -0.440. The molecule has 0 unspecified atom stereocenters. The Morgan fingerprint density at radius 2 is 1.48 bits per heavy atom. The van der Waals surface area contributed by atoms with E-state index in [0.29, 0.717) is 0 Å². The fourth-order valence-corrected chi connectivity index (χ4v) is 3.93. The number of fused-ring (bicyclic) bond motifs is 2. The van der Waals surface area contributed by atoms with Crippen molar-refractivity contribution < 1.29 is 4.58 Å². The second-order valence-corrected chi connectivity index (χ2v) is 7.11. The van der Waals surface area contributed by atoms with Crippen LogP contribution in [0.4, 0.5) is 11.4 Å². The third-order valence-electron chi connectivity index (χ3n) is 5.27. The molecule has 2 nitrogen and oxygen atoms in total. The Labute approximate surface area is 162 Å². The first kappa shape index (κ1) is 17.5. The van der Waals surface area contributed by atoms with E-state index >= 15 is 0 Å². The summed E-state index contributed by atoms with van der Waals surface area (Å²) in [5, 5.41) is 0. The lowest BCUT2D eigenvalue weighted by atomic mass is 10.0. The Kier molecular flexibility index (Phi) is 5.64. The minimum atomic E-state index is 1.10. The molecular weight excluding hydrogens is 328 g/mol. The molecule has 2 aromatic carbocycles. The predicted octanol–water partition coefficient (Wildman–Crippen LogP) is 5.43. The topological polar surface area (TPSA) is 6.25 Å². The summed E-state index contributed by atoms with van der Waals surface area (Å²) in [6.45, 7) is 2.19. The summed E-state index contributed by atoms with van der Waals surface area (Å²) < 4.78 is 2.35. The van der Waals surface area contributed by atoms with E-state index in [1.807, 2.05) is 0 Å². The third kappa shape index (κ3) is 4.28. The first-order chi connectivity index (χ1) is 13.4. The van der Waals surface area contributed by atoms with Crippen LogP contribution in [-0.4, -0.2) is 23.9 Å². The third-order valence-corrected chi connectivity index (χ3v) is 5.27. The van der Waals surface area contributed by atoms with Crippen molar-refractivity contribution in [1.82, 2.24) is 0 Å². The second kappa shape index (κ2) is 8.68. The second-order valence-electron chi connectivity index (χ2n) is 7.11. The van der Waals surface area contributed by atoms with Crippen molar-refractivity contribution in [2.24, 2.45) is 0 Å². The first-order valence-electron chi connectivity index (χ1n) is 9.96. The standard InChI is InChI=1S/C25H27N2/c1(2-8-18-26-20-10-14-22-12-4-6-16-24(22)26)3-9-19-27-21-11-15-23-13-5-7-17-25(23)27/h1-9,12-13,16-19H,10-11,14-15,20-21H2/q+1. The number of rotatable bonds is 4. The van der Waals surface area contributed by atoms with E-state index in [9.17, 15) is 0 Å². The van der Waals surface area contributed by atoms with Gasteiger partial charge in [0.25, 0.3) is 0 Å². The molecule has 2 aliphatic heterocycles. The molecule has 0 saturated carbocycles. The molecule has 0 amide bonds. The van der Waals surface area contributed by atoms with Gasteiger partial charge in [-0.1, -0.05) is 54.6 Å². The Balaban J connectivity index is 1.36. The van der Waals surface area contributed by atoms with Gasteiger partial charge in [-0.25, -0.2) is 0 Å². The lowest BCUT2D eigenvalue weighted by Crippen LogP contribution is -2.23. The summed E-state index contributed by atoms with van der Waals surface area (Å²) >= 11 is 0. The van der Waals surface area contributed by atoms with Crippen LogP contribution in [0.25, 0.3) is 0 Å². The number of hydrogen-bond donors (Lipinski definition) is 0. The zero-order valence-corrected chi connectivity index (χ0v) is 15.8. The van der Waals surface area contributed by atoms with Crippen molar-refractivity contribution in [3.8, 4) is 0 Å². The molecule has 136 valence electrons. The van der Waals surface area contributed by atoms with Gasteiger partial charge in [0.05, 0.1) is 0 Å². The summed E-state index contributed by atoms with van der Waals surface area (Å²) in [7, 11) is 0. The van der Waals surface area contributed by atoms with Crippen molar-refractivity contribution in [1.29, 1.82) is 0 Å². The number of hydrogen-bond acceptors (Lipinski definition) is 1. The van der Waals surface area contributed by atoms with Crippen LogP contribution < -0.4 is 4.90 Å². The molecule has 0 spiro atoms.